The third-order valence-corrected chi connectivity index (χ3v) is 3.44. The molecule has 6 heteroatoms. The molecule has 2 aromatic rings. The van der Waals surface area contributed by atoms with Gasteiger partial charge in [-0.2, -0.15) is 5.26 Å². The molecular weight excluding hydrogens is 266 g/mol. The molecule has 1 heterocycles. The van der Waals surface area contributed by atoms with Crippen molar-refractivity contribution >= 4 is 29.5 Å². The second kappa shape index (κ2) is 5.58. The van der Waals surface area contributed by atoms with Crippen molar-refractivity contribution in [3.05, 3.63) is 39.7 Å². The van der Waals surface area contributed by atoms with Crippen LogP contribution in [0.15, 0.2) is 35.7 Å². The lowest BCUT2D eigenvalue weighted by molar-refractivity contribution is -0.116. The van der Waals surface area contributed by atoms with E-state index in [0.29, 0.717) is 3.95 Å². The van der Waals surface area contributed by atoms with Crippen LogP contribution in [0, 0.1) is 15.3 Å². The largest absolute Gasteiger partial charge is 0.272 e. The molecule has 0 saturated carbocycles. The van der Waals surface area contributed by atoms with E-state index in [4.69, 9.17) is 17.5 Å². The lowest BCUT2D eigenvalue weighted by Crippen LogP contribution is -2.22. The van der Waals surface area contributed by atoms with Crippen molar-refractivity contribution < 1.29 is 4.79 Å². The Morgan fingerprint density at radius 3 is 2.83 bits per heavy atom. The maximum absolute atomic E-state index is 11.5. The van der Waals surface area contributed by atoms with E-state index in [1.54, 1.807) is 6.07 Å². The highest BCUT2D eigenvalue weighted by Gasteiger charge is 2.09. The summed E-state index contributed by atoms with van der Waals surface area (Å²) < 4.78 is 2.08. The summed E-state index contributed by atoms with van der Waals surface area (Å²) in [5.74, 6) is -0.371. The monoisotopic (exact) mass is 275 g/mol. The number of carbonyl (C=O) groups is 1. The molecule has 4 nitrogen and oxygen atoms in total. The highest BCUT2D eigenvalue weighted by molar-refractivity contribution is 7.73. The molecule has 0 saturated heterocycles. The Balaban J connectivity index is 2.37. The maximum atomic E-state index is 11.5. The SMILES string of the molecule is N#CCC(=O)Nn1c(-c2ccccc2)csc1=S. The zero-order chi connectivity index (χ0) is 13.0. The Hall–Kier alpha value is -1.97. The third-order valence-electron chi connectivity index (χ3n) is 2.24. The van der Waals surface area contributed by atoms with Crippen molar-refractivity contribution in [1.29, 1.82) is 5.26 Å². The van der Waals surface area contributed by atoms with Gasteiger partial charge in [0.25, 0.3) is 5.91 Å². The van der Waals surface area contributed by atoms with Gasteiger partial charge >= 0.3 is 0 Å². The number of hydrogen-bond acceptors (Lipinski definition) is 4. The first-order valence-corrected chi connectivity index (χ1v) is 6.44. The summed E-state index contributed by atoms with van der Waals surface area (Å²) in [7, 11) is 0. The number of aromatic nitrogens is 1. The fourth-order valence-corrected chi connectivity index (χ4v) is 2.45. The second-order valence-electron chi connectivity index (χ2n) is 3.46. The van der Waals surface area contributed by atoms with E-state index in [1.165, 1.54) is 16.0 Å². The molecule has 1 aromatic carbocycles. The second-order valence-corrected chi connectivity index (χ2v) is 4.96. The summed E-state index contributed by atoms with van der Waals surface area (Å²) in [5, 5.41) is 10.4. The first-order chi connectivity index (χ1) is 8.72. The van der Waals surface area contributed by atoms with Crippen LogP contribution in [0.3, 0.4) is 0 Å². The predicted molar refractivity (Wildman–Crippen MR) is 73.2 cm³/mol. The molecule has 0 atom stereocenters. The number of benzene rings is 1. The number of thiazole rings is 1. The first-order valence-electron chi connectivity index (χ1n) is 5.15. The van der Waals surface area contributed by atoms with E-state index < -0.39 is 0 Å². The van der Waals surface area contributed by atoms with Crippen molar-refractivity contribution in [2.45, 2.75) is 6.42 Å². The van der Waals surface area contributed by atoms with Crippen LogP contribution in [0.1, 0.15) is 6.42 Å². The van der Waals surface area contributed by atoms with Crippen LogP contribution in [-0.2, 0) is 4.79 Å². The van der Waals surface area contributed by atoms with Gasteiger partial charge in [-0.1, -0.05) is 30.3 Å². The van der Waals surface area contributed by atoms with Gasteiger partial charge in [0.1, 0.15) is 6.42 Å². The van der Waals surface area contributed by atoms with Gasteiger partial charge in [-0.25, -0.2) is 4.68 Å². The molecular formula is C12H9N3OS2. The van der Waals surface area contributed by atoms with Gasteiger partial charge in [-0.05, 0) is 12.2 Å². The summed E-state index contributed by atoms with van der Waals surface area (Å²) in [6.45, 7) is 0. The van der Waals surface area contributed by atoms with Crippen molar-refractivity contribution in [3.63, 3.8) is 0 Å². The van der Waals surface area contributed by atoms with Crippen LogP contribution < -0.4 is 5.43 Å². The molecule has 0 bridgehead atoms. The van der Waals surface area contributed by atoms with Gasteiger partial charge in [-0.3, -0.25) is 10.2 Å². The zero-order valence-electron chi connectivity index (χ0n) is 9.29. The molecule has 0 aliphatic rings. The molecule has 18 heavy (non-hydrogen) atoms. The maximum Gasteiger partial charge on any atom is 0.253 e. The lowest BCUT2D eigenvalue weighted by Gasteiger charge is -2.08. The number of amides is 1. The predicted octanol–water partition coefficient (Wildman–Crippen LogP) is 2.93. The van der Waals surface area contributed by atoms with Gasteiger partial charge in [-0.15, -0.1) is 11.3 Å². The van der Waals surface area contributed by atoms with Gasteiger partial charge in [0, 0.05) is 10.9 Å². The summed E-state index contributed by atoms with van der Waals surface area (Å²) in [6, 6.07) is 11.4. The van der Waals surface area contributed by atoms with Gasteiger partial charge in [0.05, 0.1) is 11.8 Å². The Kier molecular flexibility index (Phi) is 3.87. The minimum Gasteiger partial charge on any atom is -0.272 e. The van der Waals surface area contributed by atoms with Gasteiger partial charge in [0.2, 0.25) is 0 Å². The molecule has 2 rings (SSSR count). The van der Waals surface area contributed by atoms with Gasteiger partial charge in [0.15, 0.2) is 3.95 Å². The van der Waals surface area contributed by atoms with Crippen LogP contribution >= 0.6 is 23.6 Å². The van der Waals surface area contributed by atoms with Crippen LogP contribution in [-0.4, -0.2) is 10.6 Å². The molecule has 0 unspecified atom stereocenters. The van der Waals surface area contributed by atoms with Crippen LogP contribution in [0.5, 0.6) is 0 Å². The third kappa shape index (κ3) is 2.64. The lowest BCUT2D eigenvalue weighted by atomic mass is 10.2. The van der Waals surface area contributed by atoms with E-state index >= 15 is 0 Å². The molecule has 1 amide bonds. The molecule has 0 aliphatic carbocycles. The van der Waals surface area contributed by atoms with Crippen LogP contribution in [0.4, 0.5) is 0 Å². The Morgan fingerprint density at radius 2 is 2.17 bits per heavy atom. The summed E-state index contributed by atoms with van der Waals surface area (Å²) >= 11 is 6.53. The van der Waals surface area contributed by atoms with E-state index in [-0.39, 0.29) is 12.3 Å². The first kappa shape index (κ1) is 12.5. The molecule has 0 aliphatic heterocycles. The van der Waals surface area contributed by atoms with E-state index in [1.807, 2.05) is 35.7 Å². The highest BCUT2D eigenvalue weighted by Crippen LogP contribution is 2.22. The van der Waals surface area contributed by atoms with Crippen molar-refractivity contribution in [2.75, 3.05) is 5.43 Å². The molecule has 1 aromatic heterocycles. The van der Waals surface area contributed by atoms with E-state index in [0.717, 1.165) is 11.3 Å². The standard InChI is InChI=1S/C12H9N3OS2/c13-7-6-11(16)14-15-10(8-18-12(15)17)9-4-2-1-3-5-9/h1-5,8H,6H2,(H,14,16). The fourth-order valence-electron chi connectivity index (χ4n) is 1.46. The number of nitrogens with zero attached hydrogens (tertiary/aromatic N) is 2. The Morgan fingerprint density at radius 1 is 1.44 bits per heavy atom. The number of carbonyl (C=O) groups excluding carboxylic acids is 1. The number of nitriles is 1. The topological polar surface area (TPSA) is 57.8 Å². The van der Waals surface area contributed by atoms with E-state index in [2.05, 4.69) is 5.43 Å². The van der Waals surface area contributed by atoms with Crippen molar-refractivity contribution in [2.24, 2.45) is 0 Å². The van der Waals surface area contributed by atoms with E-state index in [9.17, 15) is 4.79 Å². The van der Waals surface area contributed by atoms with Crippen molar-refractivity contribution in [1.82, 2.24) is 4.68 Å². The Bertz CT molecular complexity index is 652. The average molecular weight is 275 g/mol. The van der Waals surface area contributed by atoms with Crippen LogP contribution in [0.2, 0.25) is 0 Å². The Labute approximate surface area is 113 Å². The zero-order valence-corrected chi connectivity index (χ0v) is 10.9. The number of nitrogens with one attached hydrogen (secondary N) is 1. The normalized spacial score (nSPS) is 9.72. The fraction of sp³-hybridized carbons (Fsp3) is 0.0833. The number of hydrogen-bond donors (Lipinski definition) is 1. The molecule has 0 spiro atoms. The summed E-state index contributed by atoms with van der Waals surface area (Å²) in [5.41, 5.74) is 4.40. The summed E-state index contributed by atoms with van der Waals surface area (Å²) in [4.78, 5) is 11.5. The van der Waals surface area contributed by atoms with Crippen molar-refractivity contribution in [3.8, 4) is 17.3 Å². The highest BCUT2D eigenvalue weighted by atomic mass is 32.1. The minimum atomic E-state index is -0.371. The molecule has 0 fully saturated rings. The smallest absolute Gasteiger partial charge is 0.253 e. The van der Waals surface area contributed by atoms with Crippen LogP contribution in [0.25, 0.3) is 11.3 Å². The molecule has 90 valence electrons. The minimum absolute atomic E-state index is 0.189. The number of rotatable bonds is 3. The molecule has 1 N–H and O–H groups in total. The average Bonchev–Trinajstić information content (AvgIpc) is 2.73. The van der Waals surface area contributed by atoms with Gasteiger partial charge < -0.3 is 0 Å². The molecule has 0 radical (unpaired) electrons. The summed E-state index contributed by atoms with van der Waals surface area (Å²) in [6.07, 6.45) is -0.189. The quantitative estimate of drug-likeness (QED) is 0.876.